The van der Waals surface area contributed by atoms with Gasteiger partial charge in [-0.3, -0.25) is 0 Å². The van der Waals surface area contributed by atoms with Crippen molar-refractivity contribution in [3.8, 4) is 0 Å². The fourth-order valence-electron chi connectivity index (χ4n) is 3.48. The quantitative estimate of drug-likeness (QED) is 0.733. The molecular weight excluding hydrogens is 230 g/mol. The van der Waals surface area contributed by atoms with Gasteiger partial charge < -0.3 is 5.32 Å². The van der Waals surface area contributed by atoms with Gasteiger partial charge in [-0.15, -0.1) is 0 Å². The highest BCUT2D eigenvalue weighted by Gasteiger charge is 2.19. The molecule has 1 nitrogen and oxygen atoms in total. The normalized spacial score (nSPS) is 19.1. The SMILES string of the molecule is CCNC(CC1CCCCCC1)c1ccccc1C. The number of benzene rings is 1. The van der Waals surface area contributed by atoms with Gasteiger partial charge in [-0.2, -0.15) is 0 Å². The van der Waals surface area contributed by atoms with Crippen LogP contribution >= 0.6 is 0 Å². The van der Waals surface area contributed by atoms with E-state index in [0.717, 1.165) is 12.5 Å². The second-order valence-electron chi connectivity index (χ2n) is 6.06. The van der Waals surface area contributed by atoms with Gasteiger partial charge in [0.1, 0.15) is 0 Å². The van der Waals surface area contributed by atoms with Gasteiger partial charge in [-0.05, 0) is 36.9 Å². The average molecular weight is 259 g/mol. The first-order valence-electron chi connectivity index (χ1n) is 8.10. The Morgan fingerprint density at radius 2 is 1.79 bits per heavy atom. The van der Waals surface area contributed by atoms with E-state index in [9.17, 15) is 0 Å². The first kappa shape index (κ1) is 14.6. The van der Waals surface area contributed by atoms with Crippen LogP contribution in [0.1, 0.15) is 69.0 Å². The van der Waals surface area contributed by atoms with Crippen LogP contribution in [0, 0.1) is 12.8 Å². The van der Waals surface area contributed by atoms with Gasteiger partial charge in [0.15, 0.2) is 0 Å². The summed E-state index contributed by atoms with van der Waals surface area (Å²) in [6, 6.07) is 9.42. The maximum Gasteiger partial charge on any atom is 0.0325 e. The molecule has 0 amide bonds. The Kier molecular flexibility index (Phi) is 5.91. The number of hydrogen-bond donors (Lipinski definition) is 1. The second-order valence-corrected chi connectivity index (χ2v) is 6.06. The summed E-state index contributed by atoms with van der Waals surface area (Å²) < 4.78 is 0. The predicted octanol–water partition coefficient (Wildman–Crippen LogP) is 5.01. The molecule has 1 atom stereocenters. The molecule has 0 aromatic heterocycles. The summed E-state index contributed by atoms with van der Waals surface area (Å²) in [5, 5.41) is 3.71. The zero-order valence-corrected chi connectivity index (χ0v) is 12.6. The van der Waals surface area contributed by atoms with Crippen molar-refractivity contribution in [2.45, 2.75) is 64.8 Å². The molecule has 1 aromatic carbocycles. The smallest absolute Gasteiger partial charge is 0.0325 e. The highest BCUT2D eigenvalue weighted by Crippen LogP contribution is 2.32. The molecule has 0 radical (unpaired) electrons. The van der Waals surface area contributed by atoms with Crippen molar-refractivity contribution >= 4 is 0 Å². The van der Waals surface area contributed by atoms with Gasteiger partial charge in [0, 0.05) is 6.04 Å². The molecule has 0 saturated heterocycles. The third-order valence-corrected chi connectivity index (χ3v) is 4.56. The van der Waals surface area contributed by atoms with E-state index in [1.54, 1.807) is 0 Å². The minimum atomic E-state index is 0.550. The van der Waals surface area contributed by atoms with E-state index in [2.05, 4.69) is 43.4 Å². The van der Waals surface area contributed by atoms with Crippen molar-refractivity contribution in [2.75, 3.05) is 6.54 Å². The Morgan fingerprint density at radius 3 is 2.42 bits per heavy atom. The minimum absolute atomic E-state index is 0.550. The molecule has 1 aromatic rings. The van der Waals surface area contributed by atoms with E-state index in [1.807, 2.05) is 0 Å². The summed E-state index contributed by atoms with van der Waals surface area (Å²) in [6.45, 7) is 5.52. The molecule has 0 heterocycles. The molecular formula is C18H29N. The number of rotatable bonds is 5. The van der Waals surface area contributed by atoms with Gasteiger partial charge in [0.2, 0.25) is 0 Å². The summed E-state index contributed by atoms with van der Waals surface area (Å²) in [5.41, 5.74) is 2.94. The molecule has 0 bridgehead atoms. The molecule has 2 rings (SSSR count). The molecule has 1 saturated carbocycles. The van der Waals surface area contributed by atoms with Gasteiger partial charge >= 0.3 is 0 Å². The standard InChI is InChI=1S/C18H29N/c1-3-19-18(17-13-9-8-10-15(17)2)14-16-11-6-4-5-7-12-16/h8-10,13,16,18-19H,3-7,11-12,14H2,1-2H3. The molecule has 1 fully saturated rings. The Morgan fingerprint density at radius 1 is 1.11 bits per heavy atom. The van der Waals surface area contributed by atoms with Crippen molar-refractivity contribution in [2.24, 2.45) is 5.92 Å². The van der Waals surface area contributed by atoms with Crippen LogP contribution in [0.5, 0.6) is 0 Å². The Bertz CT molecular complexity index is 364. The first-order chi connectivity index (χ1) is 9.31. The number of aryl methyl sites for hydroxylation is 1. The van der Waals surface area contributed by atoms with E-state index in [4.69, 9.17) is 0 Å². The van der Waals surface area contributed by atoms with E-state index < -0.39 is 0 Å². The average Bonchev–Trinajstić information content (AvgIpc) is 2.67. The second kappa shape index (κ2) is 7.69. The van der Waals surface area contributed by atoms with Crippen molar-refractivity contribution in [1.29, 1.82) is 0 Å². The summed E-state index contributed by atoms with van der Waals surface area (Å²) >= 11 is 0. The molecule has 0 spiro atoms. The largest absolute Gasteiger partial charge is 0.310 e. The molecule has 1 heteroatoms. The van der Waals surface area contributed by atoms with Crippen LogP contribution in [0.25, 0.3) is 0 Å². The fraction of sp³-hybridized carbons (Fsp3) is 0.667. The van der Waals surface area contributed by atoms with E-state index in [1.165, 1.54) is 56.1 Å². The third-order valence-electron chi connectivity index (χ3n) is 4.56. The van der Waals surface area contributed by atoms with Crippen LogP contribution in [0.2, 0.25) is 0 Å². The van der Waals surface area contributed by atoms with Crippen LogP contribution in [0.15, 0.2) is 24.3 Å². The van der Waals surface area contributed by atoms with Crippen LogP contribution in [-0.4, -0.2) is 6.54 Å². The first-order valence-corrected chi connectivity index (χ1v) is 8.10. The Hall–Kier alpha value is -0.820. The maximum atomic E-state index is 3.71. The van der Waals surface area contributed by atoms with Crippen molar-refractivity contribution < 1.29 is 0 Å². The Balaban J connectivity index is 2.05. The molecule has 1 N–H and O–H groups in total. The van der Waals surface area contributed by atoms with Gasteiger partial charge in [-0.1, -0.05) is 69.7 Å². The highest BCUT2D eigenvalue weighted by molar-refractivity contribution is 5.28. The van der Waals surface area contributed by atoms with Crippen molar-refractivity contribution in [3.63, 3.8) is 0 Å². The lowest BCUT2D eigenvalue weighted by Gasteiger charge is -2.25. The van der Waals surface area contributed by atoms with E-state index in [0.29, 0.717) is 6.04 Å². The highest BCUT2D eigenvalue weighted by atomic mass is 14.9. The maximum absolute atomic E-state index is 3.71. The zero-order chi connectivity index (χ0) is 13.5. The van der Waals surface area contributed by atoms with Crippen LogP contribution in [0.4, 0.5) is 0 Å². The minimum Gasteiger partial charge on any atom is -0.310 e. The zero-order valence-electron chi connectivity index (χ0n) is 12.6. The fourth-order valence-corrected chi connectivity index (χ4v) is 3.48. The van der Waals surface area contributed by atoms with Crippen LogP contribution in [0.3, 0.4) is 0 Å². The molecule has 0 aliphatic heterocycles. The lowest BCUT2D eigenvalue weighted by atomic mass is 9.88. The Labute approximate surface area is 118 Å². The van der Waals surface area contributed by atoms with Gasteiger partial charge in [0.05, 0.1) is 0 Å². The van der Waals surface area contributed by atoms with E-state index in [-0.39, 0.29) is 0 Å². The van der Waals surface area contributed by atoms with Crippen molar-refractivity contribution in [3.05, 3.63) is 35.4 Å². The van der Waals surface area contributed by atoms with Crippen molar-refractivity contribution in [1.82, 2.24) is 5.32 Å². The number of hydrogen-bond acceptors (Lipinski definition) is 1. The molecule has 1 unspecified atom stereocenters. The summed E-state index contributed by atoms with van der Waals surface area (Å²) in [4.78, 5) is 0. The molecule has 1 aliphatic rings. The summed E-state index contributed by atoms with van der Waals surface area (Å²) in [5.74, 6) is 0.922. The van der Waals surface area contributed by atoms with Gasteiger partial charge in [-0.25, -0.2) is 0 Å². The summed E-state index contributed by atoms with van der Waals surface area (Å²) in [6.07, 6.45) is 9.98. The topological polar surface area (TPSA) is 12.0 Å². The van der Waals surface area contributed by atoms with E-state index >= 15 is 0 Å². The molecule has 1 aliphatic carbocycles. The summed E-state index contributed by atoms with van der Waals surface area (Å²) in [7, 11) is 0. The molecule has 19 heavy (non-hydrogen) atoms. The van der Waals surface area contributed by atoms with Crippen LogP contribution < -0.4 is 5.32 Å². The molecule has 106 valence electrons. The predicted molar refractivity (Wildman–Crippen MR) is 83.4 cm³/mol. The van der Waals surface area contributed by atoms with Gasteiger partial charge in [0.25, 0.3) is 0 Å². The third kappa shape index (κ3) is 4.35. The lowest BCUT2D eigenvalue weighted by molar-refractivity contribution is 0.359. The number of nitrogens with one attached hydrogen (secondary N) is 1. The lowest BCUT2D eigenvalue weighted by Crippen LogP contribution is -2.24. The monoisotopic (exact) mass is 259 g/mol. The van der Waals surface area contributed by atoms with Crippen LogP contribution in [-0.2, 0) is 0 Å².